The van der Waals surface area contributed by atoms with E-state index in [1.54, 1.807) is 6.08 Å². The number of carbonyl (C=O) groups is 3. The van der Waals surface area contributed by atoms with Crippen LogP contribution in [0.1, 0.15) is 73.1 Å². The van der Waals surface area contributed by atoms with Crippen LogP contribution < -0.4 is 0 Å². The van der Waals surface area contributed by atoms with Crippen molar-refractivity contribution >= 4 is 18.0 Å². The normalized spacial score (nSPS) is 36.4. The van der Waals surface area contributed by atoms with E-state index in [4.69, 9.17) is 4.74 Å². The molecule has 0 amide bonds. The van der Waals surface area contributed by atoms with Crippen LogP contribution in [0.25, 0.3) is 0 Å². The summed E-state index contributed by atoms with van der Waals surface area (Å²) in [6, 6.07) is 0. The summed E-state index contributed by atoms with van der Waals surface area (Å²) in [6.07, 6.45) is 11.8. The van der Waals surface area contributed by atoms with E-state index in [9.17, 15) is 14.4 Å². The molecule has 30 heavy (non-hydrogen) atoms. The number of aldehydes is 1. The first-order chi connectivity index (χ1) is 14.0. The molecule has 1 saturated carbocycles. The summed E-state index contributed by atoms with van der Waals surface area (Å²) in [5.74, 6) is 0.429. The van der Waals surface area contributed by atoms with Crippen molar-refractivity contribution in [2.45, 2.75) is 79.2 Å². The first kappa shape index (κ1) is 21.3. The molecule has 162 valence electrons. The first-order valence-electron chi connectivity index (χ1n) is 11.4. The Morgan fingerprint density at radius 3 is 2.60 bits per heavy atom. The van der Waals surface area contributed by atoms with Gasteiger partial charge in [-0.2, -0.15) is 0 Å². The minimum absolute atomic E-state index is 0.0104. The van der Waals surface area contributed by atoms with Gasteiger partial charge >= 0.3 is 5.97 Å². The topological polar surface area (TPSA) is 60.4 Å². The molecule has 4 aliphatic carbocycles. The van der Waals surface area contributed by atoms with E-state index < -0.39 is 10.8 Å². The van der Waals surface area contributed by atoms with Crippen molar-refractivity contribution < 1.29 is 19.1 Å². The van der Waals surface area contributed by atoms with Gasteiger partial charge in [-0.3, -0.25) is 9.59 Å². The van der Waals surface area contributed by atoms with Crippen LogP contribution in [-0.4, -0.2) is 24.1 Å². The third-order valence-corrected chi connectivity index (χ3v) is 8.27. The lowest BCUT2D eigenvalue weighted by atomic mass is 9.53. The molecule has 0 aromatic heterocycles. The van der Waals surface area contributed by atoms with Gasteiger partial charge < -0.3 is 9.53 Å². The van der Waals surface area contributed by atoms with Crippen molar-refractivity contribution in [1.82, 2.24) is 0 Å². The highest BCUT2D eigenvalue weighted by atomic mass is 16.5. The van der Waals surface area contributed by atoms with Crippen LogP contribution in [0.15, 0.2) is 34.9 Å². The molecule has 0 saturated heterocycles. The Labute approximate surface area is 179 Å². The molecule has 0 bridgehead atoms. The predicted octanol–water partition coefficient (Wildman–Crippen LogP) is 5.13. The van der Waals surface area contributed by atoms with Crippen molar-refractivity contribution in [2.75, 3.05) is 0 Å². The van der Waals surface area contributed by atoms with E-state index >= 15 is 0 Å². The van der Waals surface area contributed by atoms with Gasteiger partial charge in [-0.25, -0.2) is 0 Å². The first-order valence-corrected chi connectivity index (χ1v) is 11.4. The van der Waals surface area contributed by atoms with Gasteiger partial charge in [-0.15, -0.1) is 0 Å². The Hall–Kier alpha value is -1.97. The molecule has 1 unspecified atom stereocenters. The van der Waals surface area contributed by atoms with Crippen molar-refractivity contribution in [3.8, 4) is 0 Å². The molecule has 1 fully saturated rings. The fourth-order valence-electron chi connectivity index (χ4n) is 6.50. The number of hydrogen-bond acceptors (Lipinski definition) is 4. The molecule has 4 aliphatic rings. The number of allylic oxidation sites excluding steroid dienone is 6. The molecule has 5 atom stereocenters. The molecule has 0 radical (unpaired) electrons. The van der Waals surface area contributed by atoms with Gasteiger partial charge in [0.1, 0.15) is 12.4 Å². The van der Waals surface area contributed by atoms with E-state index in [1.807, 2.05) is 33.8 Å². The van der Waals surface area contributed by atoms with Gasteiger partial charge in [0.2, 0.25) is 0 Å². The highest BCUT2D eigenvalue weighted by Gasteiger charge is 2.55. The standard InChI is InChI=1S/C26H34O4/c1-16(30-23(29)24(2,3)4)20-8-9-21-19-7-6-17-14-18(28)10-13-26(17,15-27)22(19)11-12-25(20,21)5/h6-7,14-16,20,22H,8-13H2,1-5H3/t16?,20-,22+,25-,26+/m1/s1. The SMILES string of the molecule is CC(OC(=O)C(C)(C)C)[C@H]1CCC2=C3C=CC4=CC(=O)CC[C@@]4(C=O)[C@H]3CC[C@@]21C. The number of fused-ring (bicyclic) bond motifs is 4. The number of hydrogen-bond donors (Lipinski definition) is 0. The maximum absolute atomic E-state index is 12.5. The van der Waals surface area contributed by atoms with E-state index in [2.05, 4.69) is 13.0 Å². The Balaban J connectivity index is 1.69. The molecule has 4 nitrogen and oxygen atoms in total. The minimum Gasteiger partial charge on any atom is -0.462 e. The van der Waals surface area contributed by atoms with Gasteiger partial charge in [0.05, 0.1) is 10.8 Å². The number of carbonyl (C=O) groups excluding carboxylic acids is 3. The molecule has 0 aromatic rings. The second-order valence-electron chi connectivity index (χ2n) is 11.0. The molecule has 0 aliphatic heterocycles. The third-order valence-electron chi connectivity index (χ3n) is 8.27. The van der Waals surface area contributed by atoms with Crippen LogP contribution in [0.3, 0.4) is 0 Å². The van der Waals surface area contributed by atoms with Gasteiger partial charge in [-0.1, -0.05) is 24.6 Å². The second kappa shape index (κ2) is 7.03. The van der Waals surface area contributed by atoms with E-state index in [0.29, 0.717) is 12.8 Å². The Morgan fingerprint density at radius 1 is 1.20 bits per heavy atom. The Bertz CT molecular complexity index is 883. The highest BCUT2D eigenvalue weighted by Crippen LogP contribution is 2.62. The zero-order valence-corrected chi connectivity index (χ0v) is 18.9. The lowest BCUT2D eigenvalue weighted by Crippen LogP contribution is -2.45. The number of rotatable bonds is 3. The average molecular weight is 411 g/mol. The van der Waals surface area contributed by atoms with E-state index in [-0.39, 0.29) is 35.1 Å². The summed E-state index contributed by atoms with van der Waals surface area (Å²) in [4.78, 5) is 36.8. The number of ether oxygens (including phenoxy) is 1. The average Bonchev–Trinajstić information content (AvgIpc) is 3.04. The van der Waals surface area contributed by atoms with Crippen molar-refractivity contribution in [3.05, 3.63) is 34.9 Å². The molecule has 0 aromatic carbocycles. The molecular formula is C26H34O4. The molecule has 4 rings (SSSR count). The quantitative estimate of drug-likeness (QED) is 0.478. The number of ketones is 1. The third kappa shape index (κ3) is 3.06. The fraction of sp³-hybridized carbons (Fsp3) is 0.654. The molecule has 0 N–H and O–H groups in total. The summed E-state index contributed by atoms with van der Waals surface area (Å²) < 4.78 is 5.91. The largest absolute Gasteiger partial charge is 0.462 e. The van der Waals surface area contributed by atoms with Gasteiger partial charge in [0.25, 0.3) is 0 Å². The summed E-state index contributed by atoms with van der Waals surface area (Å²) in [7, 11) is 0. The van der Waals surface area contributed by atoms with E-state index in [0.717, 1.165) is 37.5 Å². The fourth-order valence-corrected chi connectivity index (χ4v) is 6.50. The van der Waals surface area contributed by atoms with Crippen LogP contribution in [0.5, 0.6) is 0 Å². The Morgan fingerprint density at radius 2 is 1.93 bits per heavy atom. The lowest BCUT2D eigenvalue weighted by Gasteiger charge is -2.50. The molecule has 0 heterocycles. The van der Waals surface area contributed by atoms with Crippen molar-refractivity contribution in [3.63, 3.8) is 0 Å². The zero-order chi connectivity index (χ0) is 21.9. The zero-order valence-electron chi connectivity index (χ0n) is 18.9. The van der Waals surface area contributed by atoms with Crippen LogP contribution in [-0.2, 0) is 19.1 Å². The van der Waals surface area contributed by atoms with Crippen LogP contribution in [0.4, 0.5) is 0 Å². The van der Waals surface area contributed by atoms with Crippen molar-refractivity contribution in [2.24, 2.45) is 28.1 Å². The summed E-state index contributed by atoms with van der Waals surface area (Å²) >= 11 is 0. The maximum Gasteiger partial charge on any atom is 0.311 e. The summed E-state index contributed by atoms with van der Waals surface area (Å²) in [5, 5.41) is 0. The van der Waals surface area contributed by atoms with E-state index in [1.165, 1.54) is 11.1 Å². The molecule has 4 heteroatoms. The second-order valence-corrected chi connectivity index (χ2v) is 11.0. The number of esters is 1. The van der Waals surface area contributed by atoms with Crippen molar-refractivity contribution in [1.29, 1.82) is 0 Å². The maximum atomic E-state index is 12.5. The minimum atomic E-state index is -0.547. The highest BCUT2D eigenvalue weighted by molar-refractivity contribution is 5.94. The smallest absolute Gasteiger partial charge is 0.311 e. The van der Waals surface area contributed by atoms with Crippen LogP contribution in [0, 0.1) is 28.1 Å². The van der Waals surface area contributed by atoms with Gasteiger partial charge in [0.15, 0.2) is 5.78 Å². The van der Waals surface area contributed by atoms with Gasteiger partial charge in [0, 0.05) is 18.3 Å². The van der Waals surface area contributed by atoms with Crippen LogP contribution in [0.2, 0.25) is 0 Å². The van der Waals surface area contributed by atoms with Crippen LogP contribution >= 0.6 is 0 Å². The molecular weight excluding hydrogens is 376 g/mol. The monoisotopic (exact) mass is 410 g/mol. The van der Waals surface area contributed by atoms with Gasteiger partial charge in [-0.05, 0) is 82.4 Å². The summed E-state index contributed by atoms with van der Waals surface area (Å²) in [6.45, 7) is 10.0. The molecule has 0 spiro atoms. The Kier molecular flexibility index (Phi) is 4.99. The predicted molar refractivity (Wildman–Crippen MR) is 116 cm³/mol. The summed E-state index contributed by atoms with van der Waals surface area (Å²) in [5.41, 5.74) is 2.58. The lowest BCUT2D eigenvalue weighted by molar-refractivity contribution is -0.162.